The van der Waals surface area contributed by atoms with Gasteiger partial charge in [0.2, 0.25) is 0 Å². The number of anilines is 1. The molecule has 0 bridgehead atoms. The summed E-state index contributed by atoms with van der Waals surface area (Å²) in [5, 5.41) is 3.53. The first-order chi connectivity index (χ1) is 8.70. The molecule has 18 heavy (non-hydrogen) atoms. The maximum Gasteiger partial charge on any atom is 0.186 e. The minimum Gasteiger partial charge on any atom is -0.380 e. The highest BCUT2D eigenvalue weighted by atomic mass is 15.1. The highest BCUT2D eigenvalue weighted by molar-refractivity contribution is 5.76. The van der Waals surface area contributed by atoms with Crippen LogP contribution in [0.4, 0.5) is 5.69 Å². The molecule has 2 rings (SSSR count). The van der Waals surface area contributed by atoms with Gasteiger partial charge in [-0.25, -0.2) is 4.99 Å². The van der Waals surface area contributed by atoms with Crippen molar-refractivity contribution in [3.63, 3.8) is 0 Å². The average molecular weight is 246 g/mol. The zero-order chi connectivity index (χ0) is 13.0. The van der Waals surface area contributed by atoms with Gasteiger partial charge in [-0.3, -0.25) is 0 Å². The molecule has 1 aliphatic heterocycles. The Labute approximate surface area is 108 Å². The maximum absolute atomic E-state index is 5.54. The number of aliphatic imine (C=N–C) groups is 1. The van der Waals surface area contributed by atoms with Crippen molar-refractivity contribution < 1.29 is 0 Å². The number of guanidine groups is 1. The van der Waals surface area contributed by atoms with Gasteiger partial charge in [-0.2, -0.15) is 0 Å². The number of benzene rings is 1. The minimum absolute atomic E-state index is 0.169. The van der Waals surface area contributed by atoms with E-state index in [2.05, 4.69) is 41.5 Å². The Hall–Kier alpha value is -1.71. The molecule has 0 saturated heterocycles. The van der Waals surface area contributed by atoms with Gasteiger partial charge in [-0.1, -0.05) is 38.0 Å². The summed E-state index contributed by atoms with van der Waals surface area (Å²) in [5.74, 6) is 0.189. The molecule has 0 saturated carbocycles. The van der Waals surface area contributed by atoms with E-state index >= 15 is 0 Å². The van der Waals surface area contributed by atoms with Crippen LogP contribution in [0, 0.1) is 0 Å². The molecule has 0 amide bonds. The van der Waals surface area contributed by atoms with E-state index in [-0.39, 0.29) is 12.0 Å². The molecule has 2 unspecified atom stereocenters. The van der Waals surface area contributed by atoms with Crippen LogP contribution in [0.2, 0.25) is 0 Å². The molecular formula is C14H22N4. The van der Waals surface area contributed by atoms with E-state index in [0.717, 1.165) is 25.7 Å². The van der Waals surface area contributed by atoms with Crippen molar-refractivity contribution in [1.82, 2.24) is 0 Å². The van der Waals surface area contributed by atoms with Crippen molar-refractivity contribution >= 4 is 11.6 Å². The molecule has 4 nitrogen and oxygen atoms in total. The van der Waals surface area contributed by atoms with E-state index < -0.39 is 0 Å². The third kappa shape index (κ3) is 2.94. The van der Waals surface area contributed by atoms with Gasteiger partial charge >= 0.3 is 0 Å². The van der Waals surface area contributed by atoms with Gasteiger partial charge < -0.3 is 16.8 Å². The normalized spacial score (nSPS) is 18.8. The van der Waals surface area contributed by atoms with Crippen LogP contribution < -0.4 is 16.8 Å². The van der Waals surface area contributed by atoms with Gasteiger partial charge in [0.1, 0.15) is 0 Å². The molecular weight excluding hydrogens is 224 g/mol. The van der Waals surface area contributed by atoms with E-state index in [1.54, 1.807) is 0 Å². The number of nitrogens with zero attached hydrogens (tertiary/aromatic N) is 1. The predicted octanol–water partition coefficient (Wildman–Crippen LogP) is 1.86. The van der Waals surface area contributed by atoms with E-state index in [4.69, 9.17) is 11.5 Å². The quantitative estimate of drug-likeness (QED) is 0.548. The van der Waals surface area contributed by atoms with Crippen molar-refractivity contribution in [2.24, 2.45) is 16.5 Å². The Morgan fingerprint density at radius 3 is 2.89 bits per heavy atom. The molecule has 1 aromatic carbocycles. The number of hydrogen-bond donors (Lipinski definition) is 3. The minimum atomic E-state index is 0.169. The van der Waals surface area contributed by atoms with E-state index in [1.165, 1.54) is 11.3 Å². The second-order valence-electron chi connectivity index (χ2n) is 4.88. The van der Waals surface area contributed by atoms with E-state index in [9.17, 15) is 0 Å². The van der Waals surface area contributed by atoms with Gasteiger partial charge in [0, 0.05) is 5.69 Å². The lowest BCUT2D eigenvalue weighted by molar-refractivity contribution is 0.511. The van der Waals surface area contributed by atoms with E-state index in [1.807, 2.05) is 0 Å². The van der Waals surface area contributed by atoms with Crippen LogP contribution in [0.5, 0.6) is 0 Å². The molecule has 1 heterocycles. The van der Waals surface area contributed by atoms with Gasteiger partial charge in [0.25, 0.3) is 0 Å². The fraction of sp³-hybridized carbons (Fsp3) is 0.500. The predicted molar refractivity (Wildman–Crippen MR) is 76.7 cm³/mol. The summed E-state index contributed by atoms with van der Waals surface area (Å²) in [5.41, 5.74) is 13.6. The third-order valence-corrected chi connectivity index (χ3v) is 3.43. The smallest absolute Gasteiger partial charge is 0.186 e. The molecule has 0 aliphatic carbocycles. The molecule has 0 spiro atoms. The molecule has 0 fully saturated rings. The van der Waals surface area contributed by atoms with Crippen LogP contribution >= 0.6 is 0 Å². The number of fused-ring (bicyclic) bond motifs is 1. The van der Waals surface area contributed by atoms with Crippen molar-refractivity contribution in [2.45, 2.75) is 44.7 Å². The lowest BCUT2D eigenvalue weighted by Crippen LogP contribution is -2.34. The number of unbranched alkanes of at least 4 members (excludes halogenated alkanes) is 1. The van der Waals surface area contributed by atoms with Gasteiger partial charge in [-0.05, 0) is 24.5 Å². The average Bonchev–Trinajstić information content (AvgIpc) is 2.77. The number of hydrogen-bond acceptors (Lipinski definition) is 2. The van der Waals surface area contributed by atoms with Gasteiger partial charge in [0.05, 0.1) is 12.1 Å². The van der Waals surface area contributed by atoms with Crippen molar-refractivity contribution in [1.29, 1.82) is 0 Å². The highest BCUT2D eigenvalue weighted by Gasteiger charge is 2.27. The fourth-order valence-electron chi connectivity index (χ4n) is 2.52. The molecule has 1 aliphatic rings. The summed E-state index contributed by atoms with van der Waals surface area (Å²) in [6, 6.07) is 8.88. The molecule has 5 N–H and O–H groups in total. The highest BCUT2D eigenvalue weighted by Crippen LogP contribution is 2.28. The second-order valence-corrected chi connectivity index (χ2v) is 4.88. The zero-order valence-electron chi connectivity index (χ0n) is 10.9. The number of para-hydroxylation sites is 1. The summed E-state index contributed by atoms with van der Waals surface area (Å²) in [6.07, 6.45) is 4.34. The molecule has 0 radical (unpaired) electrons. The van der Waals surface area contributed by atoms with Crippen LogP contribution in [0.25, 0.3) is 0 Å². The molecule has 0 aromatic heterocycles. The molecule has 1 aromatic rings. The first-order valence-corrected chi connectivity index (χ1v) is 6.64. The topological polar surface area (TPSA) is 76.4 Å². The van der Waals surface area contributed by atoms with Crippen molar-refractivity contribution in [3.8, 4) is 0 Å². The standard InChI is InChI=1S/C14H22N4/c1-2-3-7-12(18-14(15)16)13-9-10-6-4-5-8-11(10)17-13/h4-6,8,12-13,17H,2-3,7,9H2,1H3,(H4,15,16,18). The Morgan fingerprint density at radius 2 is 2.22 bits per heavy atom. The maximum atomic E-state index is 5.54. The Kier molecular flexibility index (Phi) is 4.07. The summed E-state index contributed by atoms with van der Waals surface area (Å²) in [4.78, 5) is 4.39. The van der Waals surface area contributed by atoms with Crippen LogP contribution in [0.15, 0.2) is 29.3 Å². The number of rotatable bonds is 5. The lowest BCUT2D eigenvalue weighted by Gasteiger charge is -2.20. The SMILES string of the molecule is CCCCC(N=C(N)N)C1Cc2ccccc2N1. The molecule has 4 heteroatoms. The zero-order valence-corrected chi connectivity index (χ0v) is 10.9. The van der Waals surface area contributed by atoms with Crippen LogP contribution in [-0.4, -0.2) is 18.0 Å². The number of nitrogens with one attached hydrogen (secondary N) is 1. The first-order valence-electron chi connectivity index (χ1n) is 6.64. The van der Waals surface area contributed by atoms with Crippen molar-refractivity contribution in [3.05, 3.63) is 29.8 Å². The summed E-state index contributed by atoms with van der Waals surface area (Å²) >= 11 is 0. The first kappa shape index (κ1) is 12.7. The third-order valence-electron chi connectivity index (χ3n) is 3.43. The Balaban J connectivity index is 2.07. The summed E-state index contributed by atoms with van der Waals surface area (Å²) in [7, 11) is 0. The van der Waals surface area contributed by atoms with Crippen LogP contribution in [-0.2, 0) is 6.42 Å². The summed E-state index contributed by atoms with van der Waals surface area (Å²) < 4.78 is 0. The van der Waals surface area contributed by atoms with Crippen LogP contribution in [0.3, 0.4) is 0 Å². The van der Waals surface area contributed by atoms with E-state index in [0.29, 0.717) is 6.04 Å². The molecule has 98 valence electrons. The van der Waals surface area contributed by atoms with Gasteiger partial charge in [0.15, 0.2) is 5.96 Å². The Morgan fingerprint density at radius 1 is 1.44 bits per heavy atom. The largest absolute Gasteiger partial charge is 0.380 e. The van der Waals surface area contributed by atoms with Crippen molar-refractivity contribution in [2.75, 3.05) is 5.32 Å². The van der Waals surface area contributed by atoms with Gasteiger partial charge in [-0.15, -0.1) is 0 Å². The summed E-state index contributed by atoms with van der Waals surface area (Å²) in [6.45, 7) is 2.18. The lowest BCUT2D eigenvalue weighted by atomic mass is 9.99. The Bertz CT molecular complexity index is 399. The second kappa shape index (κ2) is 5.76. The molecule has 2 atom stereocenters. The fourth-order valence-corrected chi connectivity index (χ4v) is 2.52. The number of nitrogens with two attached hydrogens (primary N) is 2. The monoisotopic (exact) mass is 246 g/mol. The van der Waals surface area contributed by atoms with Crippen LogP contribution in [0.1, 0.15) is 31.7 Å².